The number of imidazole rings is 1. The van der Waals surface area contributed by atoms with E-state index in [1.54, 1.807) is 6.07 Å². The summed E-state index contributed by atoms with van der Waals surface area (Å²) in [6.45, 7) is 2.10. The predicted octanol–water partition coefficient (Wildman–Crippen LogP) is 2.18. The average molecular weight is 290 g/mol. The summed E-state index contributed by atoms with van der Waals surface area (Å²) in [5.74, 6) is 0.293. The Morgan fingerprint density at radius 2 is 2.10 bits per heavy atom. The van der Waals surface area contributed by atoms with E-state index in [0.29, 0.717) is 17.5 Å². The zero-order chi connectivity index (χ0) is 14.6. The molecule has 0 bridgehead atoms. The largest absolute Gasteiger partial charge is 0.494 e. The van der Waals surface area contributed by atoms with E-state index in [1.807, 2.05) is 4.57 Å². The third kappa shape index (κ3) is 2.05. The summed E-state index contributed by atoms with van der Waals surface area (Å²) in [5.41, 5.74) is 7.53. The lowest BCUT2D eigenvalue weighted by Gasteiger charge is -2.17. The summed E-state index contributed by atoms with van der Waals surface area (Å²) >= 11 is 0. The fourth-order valence-corrected chi connectivity index (χ4v) is 3.41. The number of hydrogen-bond donors (Lipinski definition) is 1. The van der Waals surface area contributed by atoms with Crippen LogP contribution in [0, 0.1) is 5.82 Å². The van der Waals surface area contributed by atoms with Crippen molar-refractivity contribution in [2.24, 2.45) is 0 Å². The van der Waals surface area contributed by atoms with Crippen LogP contribution in [0.5, 0.6) is 5.75 Å². The minimum Gasteiger partial charge on any atom is -0.494 e. The van der Waals surface area contributed by atoms with Crippen molar-refractivity contribution in [1.29, 1.82) is 0 Å². The monoisotopic (exact) mass is 290 g/mol. The van der Waals surface area contributed by atoms with Gasteiger partial charge in [0.2, 0.25) is 5.95 Å². The standard InChI is InChI=1S/C15H19FN4O/c1-21-14-7-13-12(6-11(14)16)18-15(17)20(13)10-4-5-19(8-10)9-2-3-9/h6-7,9-10H,2-5,8H2,1H3,(H2,17,18). The van der Waals surface area contributed by atoms with E-state index >= 15 is 0 Å². The highest BCUT2D eigenvalue weighted by molar-refractivity contribution is 5.80. The van der Waals surface area contributed by atoms with Gasteiger partial charge < -0.3 is 15.0 Å². The van der Waals surface area contributed by atoms with Crippen molar-refractivity contribution < 1.29 is 9.13 Å². The van der Waals surface area contributed by atoms with Crippen LogP contribution in [-0.2, 0) is 0 Å². The molecule has 1 saturated heterocycles. The summed E-state index contributed by atoms with van der Waals surface area (Å²) in [6.07, 6.45) is 3.68. The first kappa shape index (κ1) is 12.9. The first-order valence-corrected chi connectivity index (χ1v) is 7.42. The first-order valence-electron chi connectivity index (χ1n) is 7.42. The molecule has 2 aliphatic rings. The van der Waals surface area contributed by atoms with E-state index in [-0.39, 0.29) is 5.75 Å². The number of aromatic nitrogens is 2. The van der Waals surface area contributed by atoms with Crippen LogP contribution in [0.25, 0.3) is 11.0 Å². The zero-order valence-electron chi connectivity index (χ0n) is 12.1. The minimum absolute atomic E-state index is 0.237. The van der Waals surface area contributed by atoms with Crippen molar-refractivity contribution in [2.45, 2.75) is 31.3 Å². The second kappa shape index (κ2) is 4.59. The fourth-order valence-electron chi connectivity index (χ4n) is 3.41. The topological polar surface area (TPSA) is 56.3 Å². The van der Waals surface area contributed by atoms with E-state index < -0.39 is 5.82 Å². The molecule has 2 heterocycles. The predicted molar refractivity (Wildman–Crippen MR) is 78.9 cm³/mol. The molecule has 112 valence electrons. The Balaban J connectivity index is 1.75. The number of hydrogen-bond acceptors (Lipinski definition) is 4. The number of nitrogens with zero attached hydrogens (tertiary/aromatic N) is 3. The van der Waals surface area contributed by atoms with Gasteiger partial charge >= 0.3 is 0 Å². The van der Waals surface area contributed by atoms with Gasteiger partial charge in [0.25, 0.3) is 0 Å². The number of rotatable bonds is 3. The number of likely N-dealkylation sites (tertiary alicyclic amines) is 1. The van der Waals surface area contributed by atoms with Crippen LogP contribution in [0.3, 0.4) is 0 Å². The second-order valence-corrected chi connectivity index (χ2v) is 5.98. The number of ether oxygens (including phenoxy) is 1. The van der Waals surface area contributed by atoms with Crippen LogP contribution in [0.1, 0.15) is 25.3 Å². The third-order valence-corrected chi connectivity index (χ3v) is 4.61. The highest BCUT2D eigenvalue weighted by atomic mass is 19.1. The quantitative estimate of drug-likeness (QED) is 0.941. The smallest absolute Gasteiger partial charge is 0.201 e. The van der Waals surface area contributed by atoms with Crippen molar-refractivity contribution in [1.82, 2.24) is 14.5 Å². The third-order valence-electron chi connectivity index (χ3n) is 4.61. The van der Waals surface area contributed by atoms with Crippen molar-refractivity contribution in [3.05, 3.63) is 17.9 Å². The van der Waals surface area contributed by atoms with Gasteiger partial charge in [-0.1, -0.05) is 0 Å². The average Bonchev–Trinajstić information content (AvgIpc) is 3.11. The number of nitrogens with two attached hydrogens (primary N) is 1. The minimum atomic E-state index is -0.402. The van der Waals surface area contributed by atoms with E-state index in [9.17, 15) is 4.39 Å². The summed E-state index contributed by atoms with van der Waals surface area (Å²) in [5, 5.41) is 0. The molecule has 0 amide bonds. The van der Waals surface area contributed by atoms with E-state index in [1.165, 1.54) is 26.0 Å². The molecule has 1 aliphatic heterocycles. The van der Waals surface area contributed by atoms with Gasteiger partial charge in [-0.15, -0.1) is 0 Å². The Labute approximate surface area is 122 Å². The molecule has 21 heavy (non-hydrogen) atoms. The highest BCUT2D eigenvalue weighted by Crippen LogP contribution is 2.36. The first-order chi connectivity index (χ1) is 10.2. The van der Waals surface area contributed by atoms with Crippen LogP contribution >= 0.6 is 0 Å². The summed E-state index contributed by atoms with van der Waals surface area (Å²) in [7, 11) is 1.47. The van der Waals surface area contributed by atoms with Crippen molar-refractivity contribution >= 4 is 17.0 Å². The van der Waals surface area contributed by atoms with Gasteiger partial charge in [-0.3, -0.25) is 4.90 Å². The molecule has 1 unspecified atom stereocenters. The molecule has 2 aromatic rings. The summed E-state index contributed by atoms with van der Waals surface area (Å²) in [6, 6.07) is 4.17. The van der Waals surface area contributed by atoms with Crippen molar-refractivity contribution in [3.63, 3.8) is 0 Å². The van der Waals surface area contributed by atoms with Crippen LogP contribution < -0.4 is 10.5 Å². The van der Waals surface area contributed by atoms with Gasteiger partial charge in [0, 0.05) is 31.3 Å². The molecule has 5 nitrogen and oxygen atoms in total. The molecule has 0 radical (unpaired) electrons. The molecule has 1 aliphatic carbocycles. The maximum Gasteiger partial charge on any atom is 0.201 e. The Morgan fingerprint density at radius 3 is 2.81 bits per heavy atom. The van der Waals surface area contributed by atoms with E-state index in [4.69, 9.17) is 10.5 Å². The normalized spacial score (nSPS) is 23.0. The van der Waals surface area contributed by atoms with Gasteiger partial charge in [-0.25, -0.2) is 9.37 Å². The van der Waals surface area contributed by atoms with Crippen LogP contribution in [-0.4, -0.2) is 40.7 Å². The number of fused-ring (bicyclic) bond motifs is 1. The molecular weight excluding hydrogens is 271 g/mol. The zero-order valence-corrected chi connectivity index (χ0v) is 12.1. The van der Waals surface area contributed by atoms with Gasteiger partial charge in [-0.05, 0) is 19.3 Å². The lowest BCUT2D eigenvalue weighted by molar-refractivity contribution is 0.315. The maximum absolute atomic E-state index is 13.8. The molecule has 1 aromatic carbocycles. The van der Waals surface area contributed by atoms with Gasteiger partial charge in [0.05, 0.1) is 24.2 Å². The van der Waals surface area contributed by atoms with E-state index in [2.05, 4.69) is 9.88 Å². The molecule has 2 fully saturated rings. The summed E-state index contributed by atoms with van der Waals surface area (Å²) < 4.78 is 20.9. The van der Waals surface area contributed by atoms with Crippen molar-refractivity contribution in [3.8, 4) is 5.75 Å². The second-order valence-electron chi connectivity index (χ2n) is 5.98. The van der Waals surface area contributed by atoms with Crippen LogP contribution in [0.2, 0.25) is 0 Å². The fraction of sp³-hybridized carbons (Fsp3) is 0.533. The number of nitrogen functional groups attached to an aromatic ring is 1. The van der Waals surface area contributed by atoms with Crippen LogP contribution in [0.4, 0.5) is 10.3 Å². The number of halogens is 1. The highest BCUT2D eigenvalue weighted by Gasteiger charge is 2.36. The van der Waals surface area contributed by atoms with E-state index in [0.717, 1.165) is 31.1 Å². The van der Waals surface area contributed by atoms with Crippen molar-refractivity contribution in [2.75, 3.05) is 25.9 Å². The SMILES string of the molecule is COc1cc2c(cc1F)nc(N)n2C1CCN(C2CC2)C1. The molecule has 1 aromatic heterocycles. The molecule has 1 atom stereocenters. The number of anilines is 1. The van der Waals surface area contributed by atoms with Gasteiger partial charge in [0.15, 0.2) is 11.6 Å². The molecule has 4 rings (SSSR count). The molecule has 2 N–H and O–H groups in total. The lowest BCUT2D eigenvalue weighted by atomic mass is 10.2. The maximum atomic E-state index is 13.8. The van der Waals surface area contributed by atoms with Gasteiger partial charge in [0.1, 0.15) is 0 Å². The molecule has 6 heteroatoms. The Morgan fingerprint density at radius 1 is 1.29 bits per heavy atom. The molecule has 0 spiro atoms. The van der Waals surface area contributed by atoms with Gasteiger partial charge in [-0.2, -0.15) is 0 Å². The Bertz CT molecular complexity index is 695. The number of methoxy groups -OCH3 is 1. The Kier molecular flexibility index (Phi) is 2.82. The number of benzene rings is 1. The molecular formula is C15H19FN4O. The molecule has 1 saturated carbocycles. The lowest BCUT2D eigenvalue weighted by Crippen LogP contribution is -2.24. The Hall–Kier alpha value is -1.82. The summed E-state index contributed by atoms with van der Waals surface area (Å²) in [4.78, 5) is 6.83. The van der Waals surface area contributed by atoms with Crippen LogP contribution in [0.15, 0.2) is 12.1 Å².